The van der Waals surface area contributed by atoms with E-state index in [9.17, 15) is 13.2 Å². The van der Waals surface area contributed by atoms with E-state index in [4.69, 9.17) is 5.73 Å². The van der Waals surface area contributed by atoms with Crippen LogP contribution < -0.4 is 16.4 Å². The second-order valence-corrected chi connectivity index (χ2v) is 11.5. The van der Waals surface area contributed by atoms with E-state index >= 15 is 0 Å². The maximum atomic E-state index is 12.9. The van der Waals surface area contributed by atoms with E-state index in [1.165, 1.54) is 4.31 Å². The fraction of sp³-hybridized carbons (Fsp3) is 0.520. The number of fused-ring (bicyclic) bond motifs is 1. The van der Waals surface area contributed by atoms with E-state index in [2.05, 4.69) is 25.6 Å². The second kappa shape index (κ2) is 11.4. The summed E-state index contributed by atoms with van der Waals surface area (Å²) in [5.41, 5.74) is 7.58. The average molecular weight is 529 g/mol. The number of nitrogens with zero attached hydrogens (tertiary/aromatic N) is 5. The number of carbonyl (C=O) groups excluding carboxylic acids is 1. The molecule has 0 bridgehead atoms. The summed E-state index contributed by atoms with van der Waals surface area (Å²) in [6.45, 7) is 5.19. The first-order valence-corrected chi connectivity index (χ1v) is 14.3. The molecule has 4 N–H and O–H groups in total. The van der Waals surface area contributed by atoms with Crippen LogP contribution in [0.25, 0.3) is 11.2 Å². The molecule has 2 atom stereocenters. The monoisotopic (exact) mass is 528 g/mol. The zero-order valence-corrected chi connectivity index (χ0v) is 22.5. The molecule has 12 heteroatoms. The molecule has 0 aliphatic heterocycles. The average Bonchev–Trinajstić information content (AvgIpc) is 3.31. The van der Waals surface area contributed by atoms with Crippen LogP contribution in [0, 0.1) is 5.92 Å². The van der Waals surface area contributed by atoms with Gasteiger partial charge < -0.3 is 20.9 Å². The molecule has 2 aromatic heterocycles. The number of rotatable bonds is 11. The number of hydrogen-bond donors (Lipinski definition) is 3. The largest absolute Gasteiger partial charge is 0.369 e. The molecule has 11 nitrogen and oxygen atoms in total. The third-order valence-electron chi connectivity index (χ3n) is 6.90. The zero-order chi connectivity index (χ0) is 26.6. The van der Waals surface area contributed by atoms with Crippen molar-refractivity contribution in [2.24, 2.45) is 11.7 Å². The molecule has 200 valence electrons. The Labute approximate surface area is 217 Å². The van der Waals surface area contributed by atoms with Crippen molar-refractivity contribution < 1.29 is 13.2 Å². The van der Waals surface area contributed by atoms with E-state index in [0.717, 1.165) is 38.5 Å². The number of hydrogen-bond acceptors (Lipinski definition) is 8. The summed E-state index contributed by atoms with van der Waals surface area (Å²) < 4.78 is 29.0. The third kappa shape index (κ3) is 5.85. The Kier molecular flexibility index (Phi) is 8.28. The lowest BCUT2D eigenvalue weighted by atomic mass is 9.84. The second-order valence-electron chi connectivity index (χ2n) is 9.47. The quantitative estimate of drug-likeness (QED) is 0.343. The van der Waals surface area contributed by atoms with Gasteiger partial charge in [0, 0.05) is 31.9 Å². The summed E-state index contributed by atoms with van der Waals surface area (Å²) in [4.78, 5) is 26.1. The summed E-state index contributed by atoms with van der Waals surface area (Å²) in [5.74, 6) is 0.290. The number of sulfonamides is 1. The van der Waals surface area contributed by atoms with Crippen molar-refractivity contribution in [2.45, 2.75) is 69.9 Å². The van der Waals surface area contributed by atoms with Gasteiger partial charge in [0.05, 0.1) is 17.1 Å². The lowest BCUT2D eigenvalue weighted by Gasteiger charge is -2.30. The van der Waals surface area contributed by atoms with Crippen molar-refractivity contribution in [3.63, 3.8) is 0 Å². The number of aromatic nitrogens is 4. The highest BCUT2D eigenvalue weighted by molar-refractivity contribution is 7.89. The third-order valence-corrected chi connectivity index (χ3v) is 8.77. The number of nitrogens with one attached hydrogen (secondary N) is 2. The molecule has 2 heterocycles. The number of aryl methyl sites for hydroxylation is 1. The maximum absolute atomic E-state index is 12.9. The fourth-order valence-electron chi connectivity index (χ4n) is 4.67. The van der Waals surface area contributed by atoms with Gasteiger partial charge >= 0.3 is 0 Å². The minimum Gasteiger partial charge on any atom is -0.369 e. The Morgan fingerprint density at radius 1 is 1.16 bits per heavy atom. The van der Waals surface area contributed by atoms with Gasteiger partial charge in [-0.15, -0.1) is 0 Å². The Bertz CT molecular complexity index is 1340. The van der Waals surface area contributed by atoms with Gasteiger partial charge in [-0.05, 0) is 50.5 Å². The van der Waals surface area contributed by atoms with Crippen LogP contribution in [-0.4, -0.2) is 57.8 Å². The van der Waals surface area contributed by atoms with Gasteiger partial charge in [-0.25, -0.2) is 17.7 Å². The predicted octanol–water partition coefficient (Wildman–Crippen LogP) is 3.47. The van der Waals surface area contributed by atoms with E-state index < -0.39 is 10.0 Å². The highest BCUT2D eigenvalue weighted by Crippen LogP contribution is 2.29. The van der Waals surface area contributed by atoms with Crippen LogP contribution in [0.5, 0.6) is 0 Å². The molecule has 1 aliphatic rings. The van der Waals surface area contributed by atoms with E-state index in [-0.39, 0.29) is 22.8 Å². The molecule has 1 aromatic carbocycles. The number of amides is 1. The summed E-state index contributed by atoms with van der Waals surface area (Å²) in [5, 5.41) is 6.61. The molecule has 0 saturated heterocycles. The molecule has 4 rings (SSSR count). The van der Waals surface area contributed by atoms with Gasteiger partial charge in [-0.2, -0.15) is 9.97 Å². The van der Waals surface area contributed by atoms with Crippen LogP contribution in [-0.2, 0) is 21.4 Å². The molecule has 0 radical (unpaired) electrons. The van der Waals surface area contributed by atoms with Crippen molar-refractivity contribution in [1.82, 2.24) is 23.8 Å². The molecule has 1 amide bonds. The van der Waals surface area contributed by atoms with Gasteiger partial charge in [0.2, 0.25) is 21.9 Å². The number of benzene rings is 1. The van der Waals surface area contributed by atoms with Crippen LogP contribution >= 0.6 is 0 Å². The number of anilines is 3. The Hall–Kier alpha value is -3.25. The van der Waals surface area contributed by atoms with Gasteiger partial charge in [0.15, 0.2) is 17.0 Å². The van der Waals surface area contributed by atoms with Crippen molar-refractivity contribution in [2.75, 3.05) is 24.2 Å². The Morgan fingerprint density at radius 3 is 2.57 bits per heavy atom. The van der Waals surface area contributed by atoms with Crippen molar-refractivity contribution in [1.29, 1.82) is 0 Å². The summed E-state index contributed by atoms with van der Waals surface area (Å²) >= 11 is 0. The standard InChI is InChI=1S/C25H36N8O3S/c1-4-6-15-32(3)37(35,36)18-13-11-17(12-14-18)28-23-21-24(33(5-2)16-27-21)31-25(30-23)29-20-10-8-7-9-19(20)22(26)34/h11-14,16,19-20H,4-10,15H2,1-3H3,(H2,26,34)(H2,28,29,30,31)/t19-,20+/m1/s1. The fourth-order valence-corrected chi connectivity index (χ4v) is 5.87. The highest BCUT2D eigenvalue weighted by atomic mass is 32.2. The summed E-state index contributed by atoms with van der Waals surface area (Å²) in [7, 11) is -1.95. The van der Waals surface area contributed by atoms with Gasteiger partial charge in [0.25, 0.3) is 0 Å². The number of primary amides is 1. The minimum absolute atomic E-state index is 0.135. The Balaban J connectivity index is 1.61. The Morgan fingerprint density at radius 2 is 1.89 bits per heavy atom. The molecule has 0 unspecified atom stereocenters. The molecule has 1 aliphatic carbocycles. The van der Waals surface area contributed by atoms with E-state index in [0.29, 0.717) is 41.7 Å². The lowest BCUT2D eigenvalue weighted by Crippen LogP contribution is -2.40. The number of imidazole rings is 1. The number of carbonyl (C=O) groups is 1. The van der Waals surface area contributed by atoms with Gasteiger partial charge in [-0.1, -0.05) is 26.2 Å². The minimum atomic E-state index is -3.55. The highest BCUT2D eigenvalue weighted by Gasteiger charge is 2.30. The van der Waals surface area contributed by atoms with Crippen LogP contribution in [0.15, 0.2) is 35.5 Å². The van der Waals surface area contributed by atoms with Crippen LogP contribution in [0.1, 0.15) is 52.4 Å². The first-order valence-electron chi connectivity index (χ1n) is 12.9. The van der Waals surface area contributed by atoms with Crippen molar-refractivity contribution in [3.8, 4) is 0 Å². The SMILES string of the molecule is CCCCN(C)S(=O)(=O)c1ccc(Nc2nc(N[C@H]3CCCC[C@H]3C(N)=O)nc3c2ncn3CC)cc1. The first kappa shape index (κ1) is 26.8. The van der Waals surface area contributed by atoms with Crippen LogP contribution in [0.4, 0.5) is 17.5 Å². The summed E-state index contributed by atoms with van der Waals surface area (Å²) in [6.07, 6.45) is 6.98. The van der Waals surface area contributed by atoms with Crippen molar-refractivity contribution in [3.05, 3.63) is 30.6 Å². The topological polar surface area (TPSA) is 148 Å². The van der Waals surface area contributed by atoms with E-state index in [1.807, 2.05) is 18.4 Å². The van der Waals surface area contributed by atoms with E-state index in [1.54, 1.807) is 37.6 Å². The van der Waals surface area contributed by atoms with Gasteiger partial charge in [-0.3, -0.25) is 4.79 Å². The summed E-state index contributed by atoms with van der Waals surface area (Å²) in [6, 6.07) is 6.46. The molecule has 0 spiro atoms. The van der Waals surface area contributed by atoms with Crippen LogP contribution in [0.3, 0.4) is 0 Å². The van der Waals surface area contributed by atoms with Gasteiger partial charge in [0.1, 0.15) is 0 Å². The molecule has 1 saturated carbocycles. The number of nitrogens with two attached hydrogens (primary N) is 1. The molecule has 1 fully saturated rings. The first-order chi connectivity index (χ1) is 17.7. The zero-order valence-electron chi connectivity index (χ0n) is 21.6. The normalized spacial score (nSPS) is 18.3. The maximum Gasteiger partial charge on any atom is 0.242 e. The molecule has 37 heavy (non-hydrogen) atoms. The molecule has 3 aromatic rings. The van der Waals surface area contributed by atoms with Crippen molar-refractivity contribution >= 4 is 44.5 Å². The number of unbranched alkanes of at least 4 members (excludes halogenated alkanes) is 1. The lowest BCUT2D eigenvalue weighted by molar-refractivity contribution is -0.122. The smallest absolute Gasteiger partial charge is 0.242 e. The molecular formula is C25H36N8O3S. The van der Waals surface area contributed by atoms with Crippen LogP contribution in [0.2, 0.25) is 0 Å². The predicted molar refractivity (Wildman–Crippen MR) is 144 cm³/mol. The molecular weight excluding hydrogens is 492 g/mol.